The van der Waals surface area contributed by atoms with Crippen LogP contribution < -0.4 is 11.1 Å². The Hall–Kier alpha value is -1.63. The summed E-state index contributed by atoms with van der Waals surface area (Å²) in [4.78, 5) is 34.4. The molecule has 0 aliphatic rings. The number of hydrogen-bond acceptors (Lipinski definition) is 4. The lowest BCUT2D eigenvalue weighted by atomic mass is 10.2. The van der Waals surface area contributed by atoms with Crippen LogP contribution in [-0.4, -0.2) is 54.0 Å². The predicted octanol–water partition coefficient (Wildman–Crippen LogP) is -1.62. The molecule has 0 aliphatic carbocycles. The number of hydrogen-bond donors (Lipinski definition) is 3. The Balaban J connectivity index is 4.23. The lowest BCUT2D eigenvalue weighted by molar-refractivity contribution is -0.140. The number of carboxylic acid groups (broad SMARTS) is 1. The first-order valence-corrected chi connectivity index (χ1v) is 4.74. The monoisotopic (exact) mass is 231 g/mol. The van der Waals surface area contributed by atoms with Crippen molar-refractivity contribution in [2.75, 3.05) is 14.1 Å². The van der Waals surface area contributed by atoms with Crippen molar-refractivity contribution < 1.29 is 19.5 Å². The normalized spacial score (nSPS) is 13.8. The first-order valence-electron chi connectivity index (χ1n) is 4.74. The van der Waals surface area contributed by atoms with Crippen molar-refractivity contribution in [2.24, 2.45) is 5.73 Å². The van der Waals surface area contributed by atoms with Gasteiger partial charge in [0.25, 0.3) is 0 Å². The van der Waals surface area contributed by atoms with Gasteiger partial charge in [-0.05, 0) is 6.92 Å². The zero-order chi connectivity index (χ0) is 12.9. The molecule has 16 heavy (non-hydrogen) atoms. The summed E-state index contributed by atoms with van der Waals surface area (Å²) in [7, 11) is 3.12. The molecule has 92 valence electrons. The van der Waals surface area contributed by atoms with Crippen LogP contribution in [-0.2, 0) is 14.4 Å². The summed E-state index contributed by atoms with van der Waals surface area (Å²) in [6.07, 6.45) is -0.464. The van der Waals surface area contributed by atoms with Crippen LogP contribution in [0, 0.1) is 0 Å². The number of nitrogens with one attached hydrogen (secondary N) is 1. The Morgan fingerprint density at radius 1 is 1.38 bits per heavy atom. The van der Waals surface area contributed by atoms with E-state index in [2.05, 4.69) is 5.32 Å². The van der Waals surface area contributed by atoms with E-state index in [4.69, 9.17) is 10.8 Å². The van der Waals surface area contributed by atoms with Crippen LogP contribution in [0.15, 0.2) is 0 Å². The van der Waals surface area contributed by atoms with E-state index >= 15 is 0 Å². The van der Waals surface area contributed by atoms with E-state index in [0.29, 0.717) is 0 Å². The Bertz CT molecular complexity index is 290. The van der Waals surface area contributed by atoms with Gasteiger partial charge in [-0.2, -0.15) is 0 Å². The number of nitrogens with two attached hydrogens (primary N) is 1. The smallest absolute Gasteiger partial charge is 0.305 e. The summed E-state index contributed by atoms with van der Waals surface area (Å²) in [5.74, 6) is -2.09. The molecule has 0 saturated heterocycles. The number of aliphatic carboxylic acids is 1. The molecule has 2 unspecified atom stereocenters. The summed E-state index contributed by atoms with van der Waals surface area (Å²) in [6, 6.07) is -1.86. The number of amides is 2. The van der Waals surface area contributed by atoms with Gasteiger partial charge >= 0.3 is 5.97 Å². The van der Waals surface area contributed by atoms with Crippen molar-refractivity contribution in [3.05, 3.63) is 0 Å². The van der Waals surface area contributed by atoms with Gasteiger partial charge < -0.3 is 21.1 Å². The van der Waals surface area contributed by atoms with E-state index in [0.717, 1.165) is 0 Å². The van der Waals surface area contributed by atoms with E-state index in [1.165, 1.54) is 11.8 Å². The van der Waals surface area contributed by atoms with Crippen molar-refractivity contribution >= 4 is 17.8 Å². The molecule has 0 aromatic rings. The van der Waals surface area contributed by atoms with Crippen LogP contribution in [0.4, 0.5) is 0 Å². The maximum atomic E-state index is 11.4. The Labute approximate surface area is 93.6 Å². The van der Waals surface area contributed by atoms with Crippen molar-refractivity contribution in [1.82, 2.24) is 10.2 Å². The third-order valence-corrected chi connectivity index (χ3v) is 1.90. The molecule has 0 aromatic carbocycles. The quantitative estimate of drug-likeness (QED) is 0.526. The van der Waals surface area contributed by atoms with Gasteiger partial charge in [-0.15, -0.1) is 0 Å². The van der Waals surface area contributed by atoms with Gasteiger partial charge in [-0.3, -0.25) is 14.4 Å². The molecule has 0 aromatic heterocycles. The summed E-state index contributed by atoms with van der Waals surface area (Å²) in [5, 5.41) is 10.8. The van der Waals surface area contributed by atoms with Gasteiger partial charge in [-0.1, -0.05) is 0 Å². The van der Waals surface area contributed by atoms with Crippen molar-refractivity contribution in [2.45, 2.75) is 25.4 Å². The van der Waals surface area contributed by atoms with Crippen LogP contribution in [0.2, 0.25) is 0 Å². The van der Waals surface area contributed by atoms with Crippen molar-refractivity contribution in [3.8, 4) is 0 Å². The molecule has 0 heterocycles. The van der Waals surface area contributed by atoms with E-state index < -0.39 is 30.4 Å². The molecule has 4 N–H and O–H groups in total. The molecule has 7 heteroatoms. The van der Waals surface area contributed by atoms with E-state index in [9.17, 15) is 14.4 Å². The minimum absolute atomic E-state index is 0.282. The lowest BCUT2D eigenvalue weighted by Gasteiger charge is -2.19. The largest absolute Gasteiger partial charge is 0.481 e. The number of likely N-dealkylation sites (N-methyl/N-ethyl adjacent to an activating group) is 1. The second-order valence-electron chi connectivity index (χ2n) is 3.67. The number of carbonyl (C=O) groups excluding carboxylic acids is 2. The minimum Gasteiger partial charge on any atom is -0.481 e. The van der Waals surface area contributed by atoms with Crippen molar-refractivity contribution in [3.63, 3.8) is 0 Å². The molecule has 0 bridgehead atoms. The van der Waals surface area contributed by atoms with Crippen LogP contribution >= 0.6 is 0 Å². The molecule has 0 spiro atoms. The van der Waals surface area contributed by atoms with Crippen LogP contribution in [0.3, 0.4) is 0 Å². The maximum Gasteiger partial charge on any atom is 0.305 e. The Kier molecular flexibility index (Phi) is 5.44. The first-order chi connectivity index (χ1) is 7.25. The van der Waals surface area contributed by atoms with Gasteiger partial charge in [0, 0.05) is 14.1 Å². The molecule has 0 rings (SSSR count). The van der Waals surface area contributed by atoms with Crippen LogP contribution in [0.5, 0.6) is 0 Å². The fourth-order valence-electron chi connectivity index (χ4n) is 1.05. The molecular formula is C9H17N3O4. The van der Waals surface area contributed by atoms with Gasteiger partial charge in [-0.25, -0.2) is 0 Å². The van der Waals surface area contributed by atoms with E-state index in [1.54, 1.807) is 14.1 Å². The number of nitrogens with zero attached hydrogens (tertiary/aromatic N) is 1. The van der Waals surface area contributed by atoms with Crippen LogP contribution in [0.1, 0.15) is 13.3 Å². The summed E-state index contributed by atoms with van der Waals surface area (Å²) >= 11 is 0. The third kappa shape index (κ3) is 4.74. The average Bonchev–Trinajstić information content (AvgIpc) is 2.14. The molecular weight excluding hydrogens is 214 g/mol. The molecule has 2 amide bonds. The second-order valence-corrected chi connectivity index (χ2v) is 3.67. The fourth-order valence-corrected chi connectivity index (χ4v) is 1.05. The first kappa shape index (κ1) is 14.4. The molecule has 0 aliphatic heterocycles. The van der Waals surface area contributed by atoms with Gasteiger partial charge in [0.2, 0.25) is 11.8 Å². The third-order valence-electron chi connectivity index (χ3n) is 1.90. The van der Waals surface area contributed by atoms with E-state index in [1.807, 2.05) is 0 Å². The molecule has 2 atom stereocenters. The second kappa shape index (κ2) is 6.06. The maximum absolute atomic E-state index is 11.4. The fraction of sp³-hybridized carbons (Fsp3) is 0.667. The van der Waals surface area contributed by atoms with Gasteiger partial charge in [0.05, 0.1) is 12.5 Å². The SMILES string of the molecule is CC(NC(=O)C(N)CC(=O)O)C(=O)N(C)C. The van der Waals surface area contributed by atoms with Crippen molar-refractivity contribution in [1.29, 1.82) is 0 Å². The topological polar surface area (TPSA) is 113 Å². The number of carbonyl (C=O) groups is 3. The van der Waals surface area contributed by atoms with Gasteiger partial charge in [0.15, 0.2) is 0 Å². The standard InChI is InChI=1S/C9H17N3O4/c1-5(9(16)12(2)3)11-8(15)6(10)4-7(13)14/h5-6H,4,10H2,1-3H3,(H,11,15)(H,13,14). The number of rotatable bonds is 5. The Morgan fingerprint density at radius 2 is 1.88 bits per heavy atom. The molecule has 0 radical (unpaired) electrons. The zero-order valence-electron chi connectivity index (χ0n) is 9.56. The highest BCUT2D eigenvalue weighted by molar-refractivity contribution is 5.90. The highest BCUT2D eigenvalue weighted by Gasteiger charge is 2.22. The summed E-state index contributed by atoms with van der Waals surface area (Å²) in [6.45, 7) is 1.51. The minimum atomic E-state index is -1.16. The summed E-state index contributed by atoms with van der Waals surface area (Å²) < 4.78 is 0. The zero-order valence-corrected chi connectivity index (χ0v) is 9.56. The summed E-state index contributed by atoms with van der Waals surface area (Å²) in [5.41, 5.74) is 5.32. The highest BCUT2D eigenvalue weighted by Crippen LogP contribution is 1.93. The van der Waals surface area contributed by atoms with Gasteiger partial charge in [0.1, 0.15) is 6.04 Å². The number of carboxylic acids is 1. The molecule has 0 fully saturated rings. The van der Waals surface area contributed by atoms with E-state index in [-0.39, 0.29) is 5.91 Å². The average molecular weight is 231 g/mol. The Morgan fingerprint density at radius 3 is 2.25 bits per heavy atom. The highest BCUT2D eigenvalue weighted by atomic mass is 16.4. The predicted molar refractivity (Wildman–Crippen MR) is 56.5 cm³/mol. The van der Waals surface area contributed by atoms with Crippen LogP contribution in [0.25, 0.3) is 0 Å². The molecule has 0 saturated carbocycles. The molecule has 7 nitrogen and oxygen atoms in total. The lowest BCUT2D eigenvalue weighted by Crippen LogP contribution is -2.50.